The lowest BCUT2D eigenvalue weighted by Gasteiger charge is -2.34. The van der Waals surface area contributed by atoms with Gasteiger partial charge in [0.15, 0.2) is 5.78 Å². The van der Waals surface area contributed by atoms with Crippen molar-refractivity contribution in [2.24, 2.45) is 5.41 Å². The standard InChI is InChI=1S/C24H28N2O/c1-14-6-8-17(9-7-14)23-22-20(12-24(4,5)13-21(22)27)25-18-10-15(2)16(3)11-19(18)26-23/h6-11,23,25-26H,12-13H2,1-5H3. The SMILES string of the molecule is Cc1ccc(C2Nc3cc(C)c(C)cc3NC3=C2C(=O)CC(C)(C)C3)cc1. The summed E-state index contributed by atoms with van der Waals surface area (Å²) in [5.74, 6) is 0.244. The molecule has 1 heterocycles. The van der Waals surface area contributed by atoms with E-state index in [1.165, 1.54) is 16.7 Å². The largest absolute Gasteiger partial charge is 0.372 e. The maximum atomic E-state index is 13.2. The molecule has 0 fully saturated rings. The molecule has 2 aliphatic rings. The van der Waals surface area contributed by atoms with E-state index >= 15 is 0 Å². The first-order valence-corrected chi connectivity index (χ1v) is 9.71. The van der Waals surface area contributed by atoms with Crippen LogP contribution in [0.15, 0.2) is 47.7 Å². The van der Waals surface area contributed by atoms with Gasteiger partial charge in [-0.15, -0.1) is 0 Å². The van der Waals surface area contributed by atoms with Crippen molar-refractivity contribution in [3.8, 4) is 0 Å². The van der Waals surface area contributed by atoms with Crippen LogP contribution in [0.5, 0.6) is 0 Å². The van der Waals surface area contributed by atoms with Crippen molar-refractivity contribution in [3.63, 3.8) is 0 Å². The van der Waals surface area contributed by atoms with Crippen molar-refractivity contribution in [2.45, 2.75) is 53.5 Å². The second kappa shape index (κ2) is 6.26. The maximum absolute atomic E-state index is 13.2. The van der Waals surface area contributed by atoms with E-state index in [4.69, 9.17) is 0 Å². The van der Waals surface area contributed by atoms with E-state index in [1.807, 2.05) is 0 Å². The smallest absolute Gasteiger partial charge is 0.163 e. The Morgan fingerprint density at radius 2 is 1.56 bits per heavy atom. The highest BCUT2D eigenvalue weighted by atomic mass is 16.1. The monoisotopic (exact) mass is 360 g/mol. The maximum Gasteiger partial charge on any atom is 0.163 e. The number of anilines is 2. The highest BCUT2D eigenvalue weighted by Gasteiger charge is 2.38. The minimum absolute atomic E-state index is 0.0228. The Morgan fingerprint density at radius 1 is 0.926 bits per heavy atom. The molecular formula is C24H28N2O. The Bertz CT molecular complexity index is 951. The van der Waals surface area contributed by atoms with Gasteiger partial charge in [0.2, 0.25) is 0 Å². The fraction of sp³-hybridized carbons (Fsp3) is 0.375. The number of fused-ring (bicyclic) bond motifs is 1. The molecule has 0 aromatic heterocycles. The van der Waals surface area contributed by atoms with Gasteiger partial charge < -0.3 is 10.6 Å². The van der Waals surface area contributed by atoms with Crippen LogP contribution in [0, 0.1) is 26.2 Å². The molecule has 1 unspecified atom stereocenters. The van der Waals surface area contributed by atoms with Gasteiger partial charge >= 0.3 is 0 Å². The van der Waals surface area contributed by atoms with E-state index in [-0.39, 0.29) is 17.2 Å². The number of carbonyl (C=O) groups excluding carboxylic acids is 1. The van der Waals surface area contributed by atoms with E-state index in [2.05, 4.69) is 81.7 Å². The fourth-order valence-electron chi connectivity index (χ4n) is 4.22. The molecule has 1 aliphatic heterocycles. The molecule has 1 aliphatic carbocycles. The van der Waals surface area contributed by atoms with Crippen molar-refractivity contribution in [1.29, 1.82) is 0 Å². The van der Waals surface area contributed by atoms with Gasteiger partial charge in [-0.2, -0.15) is 0 Å². The summed E-state index contributed by atoms with van der Waals surface area (Å²) in [7, 11) is 0. The Labute approximate surface area is 161 Å². The Hall–Kier alpha value is -2.55. The third-order valence-corrected chi connectivity index (χ3v) is 5.84. The zero-order valence-corrected chi connectivity index (χ0v) is 16.9. The number of nitrogens with one attached hydrogen (secondary N) is 2. The van der Waals surface area contributed by atoms with Crippen LogP contribution in [0.3, 0.4) is 0 Å². The first-order valence-electron chi connectivity index (χ1n) is 9.71. The predicted molar refractivity (Wildman–Crippen MR) is 112 cm³/mol. The predicted octanol–water partition coefficient (Wildman–Crippen LogP) is 5.83. The second-order valence-electron chi connectivity index (χ2n) is 8.93. The van der Waals surface area contributed by atoms with E-state index < -0.39 is 0 Å². The van der Waals surface area contributed by atoms with Crippen LogP contribution in [0.1, 0.15) is 55.0 Å². The molecule has 0 saturated heterocycles. The highest BCUT2D eigenvalue weighted by Crippen LogP contribution is 2.45. The summed E-state index contributed by atoms with van der Waals surface area (Å²) in [6.45, 7) is 10.7. The van der Waals surface area contributed by atoms with Crippen LogP contribution in [-0.4, -0.2) is 5.78 Å². The molecule has 0 radical (unpaired) electrons. The molecule has 4 rings (SSSR count). The minimum atomic E-state index is -0.125. The molecule has 0 amide bonds. The summed E-state index contributed by atoms with van der Waals surface area (Å²) in [5, 5.41) is 7.30. The lowest BCUT2D eigenvalue weighted by Crippen LogP contribution is -2.31. The van der Waals surface area contributed by atoms with E-state index in [1.54, 1.807) is 0 Å². The number of benzene rings is 2. The molecule has 3 nitrogen and oxygen atoms in total. The molecular weight excluding hydrogens is 332 g/mol. The van der Waals surface area contributed by atoms with Gasteiger partial charge in [-0.05, 0) is 61.4 Å². The fourth-order valence-corrected chi connectivity index (χ4v) is 4.22. The molecule has 0 bridgehead atoms. The molecule has 0 spiro atoms. The minimum Gasteiger partial charge on any atom is -0.372 e. The van der Waals surface area contributed by atoms with Crippen molar-refractivity contribution >= 4 is 17.2 Å². The normalized spacial score (nSPS) is 20.9. The first kappa shape index (κ1) is 17.8. The molecule has 27 heavy (non-hydrogen) atoms. The first-order chi connectivity index (χ1) is 12.7. The van der Waals surface area contributed by atoms with Crippen molar-refractivity contribution in [1.82, 2.24) is 0 Å². The van der Waals surface area contributed by atoms with E-state index in [9.17, 15) is 4.79 Å². The number of aryl methyl sites for hydroxylation is 3. The third-order valence-electron chi connectivity index (χ3n) is 5.84. The van der Waals surface area contributed by atoms with Crippen LogP contribution in [0.25, 0.3) is 0 Å². The average Bonchev–Trinajstić information content (AvgIpc) is 2.71. The van der Waals surface area contributed by atoms with Gasteiger partial charge in [-0.1, -0.05) is 43.7 Å². The van der Waals surface area contributed by atoms with Crippen LogP contribution in [0.4, 0.5) is 11.4 Å². The number of ketones is 1. The zero-order valence-electron chi connectivity index (χ0n) is 16.9. The molecule has 0 saturated carbocycles. The van der Waals surface area contributed by atoms with Crippen LogP contribution in [-0.2, 0) is 4.79 Å². The van der Waals surface area contributed by atoms with Crippen molar-refractivity contribution < 1.29 is 4.79 Å². The van der Waals surface area contributed by atoms with Gasteiger partial charge in [-0.3, -0.25) is 4.79 Å². The number of carbonyl (C=O) groups is 1. The number of rotatable bonds is 1. The summed E-state index contributed by atoms with van der Waals surface area (Å²) in [6.07, 6.45) is 1.47. The number of allylic oxidation sites excluding steroid dienone is 1. The van der Waals surface area contributed by atoms with Gasteiger partial charge in [-0.25, -0.2) is 0 Å². The van der Waals surface area contributed by atoms with Gasteiger partial charge in [0.25, 0.3) is 0 Å². The highest BCUT2D eigenvalue weighted by molar-refractivity contribution is 6.01. The summed E-state index contributed by atoms with van der Waals surface area (Å²) < 4.78 is 0. The second-order valence-corrected chi connectivity index (χ2v) is 8.93. The summed E-state index contributed by atoms with van der Waals surface area (Å²) in [4.78, 5) is 13.2. The molecule has 2 N–H and O–H groups in total. The Morgan fingerprint density at radius 3 is 2.22 bits per heavy atom. The third kappa shape index (κ3) is 3.27. The summed E-state index contributed by atoms with van der Waals surface area (Å²) in [6, 6.07) is 12.8. The summed E-state index contributed by atoms with van der Waals surface area (Å²) in [5.41, 5.74) is 8.91. The molecule has 1 atom stereocenters. The Balaban J connectivity index is 1.90. The van der Waals surface area contributed by atoms with Crippen LogP contribution >= 0.6 is 0 Å². The zero-order chi connectivity index (χ0) is 19.3. The lowest BCUT2D eigenvalue weighted by atomic mass is 9.73. The molecule has 3 heteroatoms. The number of Topliss-reactive ketones (excluding diaryl/α,β-unsaturated/α-hetero) is 1. The van der Waals surface area contributed by atoms with Crippen molar-refractivity contribution in [2.75, 3.05) is 10.6 Å². The van der Waals surface area contributed by atoms with E-state index in [0.29, 0.717) is 6.42 Å². The lowest BCUT2D eigenvalue weighted by molar-refractivity contribution is -0.118. The van der Waals surface area contributed by atoms with Crippen molar-refractivity contribution in [3.05, 3.63) is 69.9 Å². The quantitative estimate of drug-likeness (QED) is 0.672. The number of hydrogen-bond donors (Lipinski definition) is 2. The van der Waals surface area contributed by atoms with Gasteiger partial charge in [0.1, 0.15) is 0 Å². The molecule has 2 aromatic rings. The summed E-state index contributed by atoms with van der Waals surface area (Å²) >= 11 is 0. The van der Waals surface area contributed by atoms with E-state index in [0.717, 1.165) is 34.6 Å². The molecule has 2 aromatic carbocycles. The van der Waals surface area contributed by atoms with Gasteiger partial charge in [0, 0.05) is 17.7 Å². The number of hydrogen-bond acceptors (Lipinski definition) is 3. The van der Waals surface area contributed by atoms with Crippen LogP contribution in [0.2, 0.25) is 0 Å². The molecule has 140 valence electrons. The van der Waals surface area contributed by atoms with Gasteiger partial charge in [0.05, 0.1) is 17.4 Å². The van der Waals surface area contributed by atoms with Crippen LogP contribution < -0.4 is 10.6 Å². The topological polar surface area (TPSA) is 41.1 Å². The average molecular weight is 361 g/mol. The Kier molecular flexibility index (Phi) is 4.14.